The van der Waals surface area contributed by atoms with Gasteiger partial charge in [-0.1, -0.05) is 18.2 Å². The predicted molar refractivity (Wildman–Crippen MR) is 65.4 cm³/mol. The van der Waals surface area contributed by atoms with E-state index in [1.54, 1.807) is 13.2 Å². The summed E-state index contributed by atoms with van der Waals surface area (Å²) in [5.74, 6) is -0.497. The van der Waals surface area contributed by atoms with Crippen molar-refractivity contribution in [2.24, 2.45) is 5.92 Å². The first-order valence-corrected chi connectivity index (χ1v) is 5.90. The molecule has 1 aromatic rings. The van der Waals surface area contributed by atoms with E-state index in [9.17, 15) is 9.90 Å². The smallest absolute Gasteiger partial charge is 0.307 e. The summed E-state index contributed by atoms with van der Waals surface area (Å²) in [6.07, 6.45) is 0.542. The molecule has 3 N–H and O–H groups in total. The molecule has 2 atom stereocenters. The Morgan fingerprint density at radius 1 is 1.56 bits per heavy atom. The van der Waals surface area contributed by atoms with E-state index in [1.165, 1.54) is 0 Å². The van der Waals surface area contributed by atoms with Gasteiger partial charge in [-0.2, -0.15) is 0 Å². The SMILES string of the molecule is COc1c(CO)cccc1C1CC(C(=O)O)CN1. The lowest BCUT2D eigenvalue weighted by Gasteiger charge is -2.17. The van der Waals surface area contributed by atoms with E-state index in [-0.39, 0.29) is 18.6 Å². The molecule has 18 heavy (non-hydrogen) atoms. The highest BCUT2D eigenvalue weighted by molar-refractivity contribution is 5.71. The molecule has 5 nitrogen and oxygen atoms in total. The van der Waals surface area contributed by atoms with Crippen LogP contribution in [0.5, 0.6) is 5.75 Å². The second-order valence-electron chi connectivity index (χ2n) is 4.43. The van der Waals surface area contributed by atoms with Gasteiger partial charge in [0.05, 0.1) is 19.6 Å². The molecule has 1 heterocycles. The molecule has 0 spiro atoms. The lowest BCUT2D eigenvalue weighted by molar-refractivity contribution is -0.141. The summed E-state index contributed by atoms with van der Waals surface area (Å²) < 4.78 is 5.33. The number of aliphatic hydroxyl groups is 1. The van der Waals surface area contributed by atoms with Gasteiger partial charge >= 0.3 is 5.97 Å². The predicted octanol–water partition coefficient (Wildman–Crippen LogP) is 0.923. The molecule has 98 valence electrons. The maximum Gasteiger partial charge on any atom is 0.307 e. The summed E-state index contributed by atoms with van der Waals surface area (Å²) in [4.78, 5) is 10.9. The summed E-state index contributed by atoms with van der Waals surface area (Å²) in [5, 5.41) is 21.4. The molecule has 1 aliphatic heterocycles. The van der Waals surface area contributed by atoms with Crippen molar-refractivity contribution in [1.29, 1.82) is 0 Å². The van der Waals surface area contributed by atoms with Crippen LogP contribution >= 0.6 is 0 Å². The van der Waals surface area contributed by atoms with Crippen molar-refractivity contribution < 1.29 is 19.7 Å². The van der Waals surface area contributed by atoms with Gasteiger partial charge in [0.1, 0.15) is 5.75 Å². The molecule has 2 unspecified atom stereocenters. The fourth-order valence-electron chi connectivity index (χ4n) is 2.41. The number of benzene rings is 1. The number of aliphatic carboxylic acids is 1. The fourth-order valence-corrected chi connectivity index (χ4v) is 2.41. The zero-order valence-corrected chi connectivity index (χ0v) is 10.2. The number of carboxylic acids is 1. The molecule has 2 rings (SSSR count). The van der Waals surface area contributed by atoms with Crippen LogP contribution in [-0.2, 0) is 11.4 Å². The number of aliphatic hydroxyl groups excluding tert-OH is 1. The number of para-hydroxylation sites is 1. The summed E-state index contributed by atoms with van der Waals surface area (Å²) in [6.45, 7) is 0.374. The monoisotopic (exact) mass is 251 g/mol. The Hall–Kier alpha value is -1.59. The van der Waals surface area contributed by atoms with Gasteiger partial charge in [-0.05, 0) is 6.42 Å². The normalized spacial score (nSPS) is 23.0. The number of ether oxygens (including phenoxy) is 1. The second-order valence-corrected chi connectivity index (χ2v) is 4.43. The average molecular weight is 251 g/mol. The Morgan fingerprint density at radius 2 is 2.33 bits per heavy atom. The summed E-state index contributed by atoms with van der Waals surface area (Å²) in [5.41, 5.74) is 1.63. The van der Waals surface area contributed by atoms with Crippen molar-refractivity contribution in [3.05, 3.63) is 29.3 Å². The van der Waals surface area contributed by atoms with Crippen molar-refractivity contribution in [3.8, 4) is 5.75 Å². The zero-order valence-electron chi connectivity index (χ0n) is 10.2. The number of rotatable bonds is 4. The van der Waals surface area contributed by atoms with Crippen molar-refractivity contribution in [3.63, 3.8) is 0 Å². The fraction of sp³-hybridized carbons (Fsp3) is 0.462. The molecule has 0 saturated carbocycles. The third kappa shape index (κ3) is 2.32. The molecule has 1 fully saturated rings. The van der Waals surface area contributed by atoms with Crippen LogP contribution in [0.4, 0.5) is 0 Å². The topological polar surface area (TPSA) is 78.8 Å². The minimum atomic E-state index is -0.776. The van der Waals surface area contributed by atoms with E-state index < -0.39 is 5.97 Å². The number of carbonyl (C=O) groups is 1. The van der Waals surface area contributed by atoms with Crippen LogP contribution in [-0.4, -0.2) is 29.8 Å². The van der Waals surface area contributed by atoms with E-state index in [4.69, 9.17) is 9.84 Å². The van der Waals surface area contributed by atoms with Gasteiger partial charge in [0.2, 0.25) is 0 Å². The van der Waals surface area contributed by atoms with Crippen LogP contribution in [0.15, 0.2) is 18.2 Å². The number of methoxy groups -OCH3 is 1. The maximum atomic E-state index is 10.9. The Bertz CT molecular complexity index is 447. The van der Waals surface area contributed by atoms with E-state index in [2.05, 4.69) is 5.32 Å². The van der Waals surface area contributed by atoms with Crippen molar-refractivity contribution in [2.45, 2.75) is 19.1 Å². The second kappa shape index (κ2) is 5.37. The minimum absolute atomic E-state index is 0.0347. The number of nitrogens with one attached hydrogen (secondary N) is 1. The van der Waals surface area contributed by atoms with E-state index in [0.29, 0.717) is 18.7 Å². The summed E-state index contributed by atoms with van der Waals surface area (Å²) in [6, 6.07) is 5.51. The largest absolute Gasteiger partial charge is 0.496 e. The molecule has 1 aromatic carbocycles. The van der Waals surface area contributed by atoms with Crippen LogP contribution in [0, 0.1) is 5.92 Å². The summed E-state index contributed by atoms with van der Waals surface area (Å²) >= 11 is 0. The van der Waals surface area contributed by atoms with Crippen molar-refractivity contribution in [1.82, 2.24) is 5.32 Å². The Kier molecular flexibility index (Phi) is 3.84. The van der Waals surface area contributed by atoms with Gasteiger partial charge in [-0.25, -0.2) is 0 Å². The number of hydrogen-bond donors (Lipinski definition) is 3. The highest BCUT2D eigenvalue weighted by Gasteiger charge is 2.31. The molecule has 1 saturated heterocycles. The Morgan fingerprint density at radius 3 is 2.89 bits per heavy atom. The molecule has 0 radical (unpaired) electrons. The van der Waals surface area contributed by atoms with Crippen molar-refractivity contribution >= 4 is 5.97 Å². The number of carboxylic acid groups (broad SMARTS) is 1. The third-order valence-corrected chi connectivity index (χ3v) is 3.36. The molecule has 5 heteroatoms. The van der Waals surface area contributed by atoms with Crippen LogP contribution in [0.3, 0.4) is 0 Å². The highest BCUT2D eigenvalue weighted by atomic mass is 16.5. The molecule has 0 aromatic heterocycles. The van der Waals surface area contributed by atoms with Crippen LogP contribution < -0.4 is 10.1 Å². The zero-order chi connectivity index (χ0) is 13.1. The Balaban J connectivity index is 2.26. The quantitative estimate of drug-likeness (QED) is 0.741. The molecule has 0 amide bonds. The average Bonchev–Trinajstić information content (AvgIpc) is 2.87. The Labute approximate surface area is 105 Å². The van der Waals surface area contributed by atoms with Gasteiger partial charge in [0.25, 0.3) is 0 Å². The van der Waals surface area contributed by atoms with Gasteiger partial charge in [0, 0.05) is 23.7 Å². The first kappa shape index (κ1) is 12.9. The van der Waals surface area contributed by atoms with Crippen LogP contribution in [0.1, 0.15) is 23.6 Å². The van der Waals surface area contributed by atoms with E-state index in [0.717, 1.165) is 11.1 Å². The standard InChI is InChI=1S/C13H17NO4/c1-18-12-8(7-15)3-2-4-10(12)11-5-9(6-14-11)13(16)17/h2-4,9,11,14-15H,5-7H2,1H3,(H,16,17). The van der Waals surface area contributed by atoms with Crippen LogP contribution in [0.2, 0.25) is 0 Å². The molecular formula is C13H17NO4. The van der Waals surface area contributed by atoms with Crippen molar-refractivity contribution in [2.75, 3.05) is 13.7 Å². The summed E-state index contributed by atoms with van der Waals surface area (Å²) in [7, 11) is 1.56. The van der Waals surface area contributed by atoms with Gasteiger partial charge in [-0.15, -0.1) is 0 Å². The maximum absolute atomic E-state index is 10.9. The molecular weight excluding hydrogens is 234 g/mol. The first-order chi connectivity index (χ1) is 8.67. The van der Waals surface area contributed by atoms with Gasteiger partial charge in [0.15, 0.2) is 0 Å². The third-order valence-electron chi connectivity index (χ3n) is 3.36. The number of hydrogen-bond acceptors (Lipinski definition) is 4. The molecule has 0 bridgehead atoms. The molecule has 0 aliphatic carbocycles. The van der Waals surface area contributed by atoms with Crippen LogP contribution in [0.25, 0.3) is 0 Å². The van der Waals surface area contributed by atoms with E-state index >= 15 is 0 Å². The highest BCUT2D eigenvalue weighted by Crippen LogP contribution is 2.35. The lowest BCUT2D eigenvalue weighted by Crippen LogP contribution is -2.17. The first-order valence-electron chi connectivity index (χ1n) is 5.90. The minimum Gasteiger partial charge on any atom is -0.496 e. The molecule has 1 aliphatic rings. The van der Waals surface area contributed by atoms with Gasteiger partial charge in [-0.3, -0.25) is 4.79 Å². The van der Waals surface area contributed by atoms with Gasteiger partial charge < -0.3 is 20.3 Å². The lowest BCUT2D eigenvalue weighted by atomic mass is 9.97. The van der Waals surface area contributed by atoms with E-state index in [1.807, 2.05) is 12.1 Å².